The van der Waals surface area contributed by atoms with Crippen LogP contribution in [0.2, 0.25) is 0 Å². The number of morpholine rings is 2. The molecule has 202 valence electrons. The first-order valence-corrected chi connectivity index (χ1v) is 13.3. The second kappa shape index (κ2) is 11.1. The Hall–Kier alpha value is -3.89. The predicted molar refractivity (Wildman–Crippen MR) is 148 cm³/mol. The molecule has 1 N–H and O–H groups in total. The van der Waals surface area contributed by atoms with Crippen LogP contribution in [0.15, 0.2) is 48.8 Å². The van der Waals surface area contributed by atoms with Crippen molar-refractivity contribution in [3.05, 3.63) is 66.0 Å². The smallest absolute Gasteiger partial charge is 0.152 e. The molecule has 6 rings (SSSR count). The van der Waals surface area contributed by atoms with Gasteiger partial charge in [0.1, 0.15) is 11.6 Å². The highest BCUT2D eigenvalue weighted by atomic mass is 19.1. The molecule has 1 aromatic carbocycles. The molecule has 3 aromatic heterocycles. The lowest BCUT2D eigenvalue weighted by Crippen LogP contribution is -2.38. The zero-order valence-corrected chi connectivity index (χ0v) is 21.8. The highest BCUT2D eigenvalue weighted by Gasteiger charge is 2.24. The molecule has 39 heavy (non-hydrogen) atoms. The molecule has 0 atom stereocenters. The molecule has 2 saturated heterocycles. The summed E-state index contributed by atoms with van der Waals surface area (Å²) in [6, 6.07) is 9.77. The number of hydrogen-bond acceptors (Lipinski definition) is 8. The molecule has 0 bridgehead atoms. The van der Waals surface area contributed by atoms with E-state index in [1.165, 1.54) is 6.07 Å². The Morgan fingerprint density at radius 3 is 2.36 bits per heavy atom. The van der Waals surface area contributed by atoms with Crippen LogP contribution in [0.4, 0.5) is 31.7 Å². The summed E-state index contributed by atoms with van der Waals surface area (Å²) in [7, 11) is 0. The van der Waals surface area contributed by atoms with Crippen molar-refractivity contribution < 1.29 is 18.3 Å². The van der Waals surface area contributed by atoms with Crippen LogP contribution in [-0.2, 0) is 15.9 Å². The van der Waals surface area contributed by atoms with Gasteiger partial charge in [-0.05, 0) is 24.6 Å². The van der Waals surface area contributed by atoms with Gasteiger partial charge >= 0.3 is 0 Å². The minimum Gasteiger partial charge on any atom is -0.378 e. The quantitative estimate of drug-likeness (QED) is 0.374. The lowest BCUT2D eigenvalue weighted by atomic mass is 10.0. The number of pyridine rings is 3. The van der Waals surface area contributed by atoms with Gasteiger partial charge in [-0.25, -0.2) is 18.7 Å². The SMILES string of the molecule is CCc1c(-c2ccccn2)nc2cc(F)cc(F)c2c1Nc1cc(N2CCOCC2)cnc1N1CCOCC1. The van der Waals surface area contributed by atoms with E-state index in [2.05, 4.69) is 26.2 Å². The molecule has 0 radical (unpaired) electrons. The number of nitrogens with zero attached hydrogens (tertiary/aromatic N) is 5. The third-order valence-electron chi connectivity index (χ3n) is 7.16. The van der Waals surface area contributed by atoms with E-state index in [0.29, 0.717) is 63.0 Å². The zero-order chi connectivity index (χ0) is 26.8. The molecule has 0 amide bonds. The molecule has 0 spiro atoms. The van der Waals surface area contributed by atoms with Crippen molar-refractivity contribution in [1.82, 2.24) is 15.0 Å². The lowest BCUT2D eigenvalue weighted by molar-refractivity contribution is 0.122. The highest BCUT2D eigenvalue weighted by Crippen LogP contribution is 2.40. The summed E-state index contributed by atoms with van der Waals surface area (Å²) in [6.07, 6.45) is 4.12. The van der Waals surface area contributed by atoms with Gasteiger partial charge in [0, 0.05) is 50.1 Å². The van der Waals surface area contributed by atoms with Gasteiger partial charge in [-0.15, -0.1) is 0 Å². The average Bonchev–Trinajstić information content (AvgIpc) is 2.98. The highest BCUT2D eigenvalue weighted by molar-refractivity contribution is 5.99. The van der Waals surface area contributed by atoms with Crippen LogP contribution in [0.3, 0.4) is 0 Å². The normalized spacial score (nSPS) is 16.1. The van der Waals surface area contributed by atoms with Crippen LogP contribution >= 0.6 is 0 Å². The molecule has 0 aliphatic carbocycles. The first-order chi connectivity index (χ1) is 19.1. The summed E-state index contributed by atoms with van der Waals surface area (Å²) in [5, 5.41) is 3.78. The van der Waals surface area contributed by atoms with Crippen LogP contribution < -0.4 is 15.1 Å². The van der Waals surface area contributed by atoms with Crippen molar-refractivity contribution >= 4 is 33.8 Å². The van der Waals surface area contributed by atoms with Crippen molar-refractivity contribution in [3.63, 3.8) is 0 Å². The lowest BCUT2D eigenvalue weighted by Gasteiger charge is -2.32. The van der Waals surface area contributed by atoms with Gasteiger partial charge in [0.05, 0.1) is 72.0 Å². The summed E-state index contributed by atoms with van der Waals surface area (Å²) in [6.45, 7) is 7.38. The van der Waals surface area contributed by atoms with Crippen LogP contribution in [0, 0.1) is 11.6 Å². The topological polar surface area (TPSA) is 75.6 Å². The molecule has 0 unspecified atom stereocenters. The second-order valence-electron chi connectivity index (χ2n) is 9.55. The number of anilines is 4. The fourth-order valence-corrected chi connectivity index (χ4v) is 5.24. The fraction of sp³-hybridized carbons (Fsp3) is 0.345. The van der Waals surface area contributed by atoms with Crippen LogP contribution in [-0.4, -0.2) is 67.6 Å². The largest absolute Gasteiger partial charge is 0.378 e. The summed E-state index contributed by atoms with van der Waals surface area (Å²) in [4.78, 5) is 18.5. The number of rotatable bonds is 6. The van der Waals surface area contributed by atoms with Gasteiger partial charge in [-0.1, -0.05) is 13.0 Å². The number of fused-ring (bicyclic) bond motifs is 1. The average molecular weight is 533 g/mol. The van der Waals surface area contributed by atoms with Crippen LogP contribution in [0.25, 0.3) is 22.3 Å². The third kappa shape index (κ3) is 5.09. The maximum Gasteiger partial charge on any atom is 0.152 e. The van der Waals surface area contributed by atoms with E-state index in [1.807, 2.05) is 31.3 Å². The van der Waals surface area contributed by atoms with Gasteiger partial charge in [0.2, 0.25) is 0 Å². The Labute approximate surface area is 225 Å². The standard InChI is InChI=1S/C29H30F2N6O2/c1-2-21-27(23-5-3-4-6-32-23)34-24-16-19(30)15-22(31)26(24)28(21)35-25-17-20(36-7-11-38-12-8-36)18-33-29(25)37-9-13-39-14-10-37/h3-6,15-18H,2,7-14H2,1H3,(H,34,35). The van der Waals surface area contributed by atoms with Crippen molar-refractivity contribution in [1.29, 1.82) is 0 Å². The monoisotopic (exact) mass is 532 g/mol. The second-order valence-corrected chi connectivity index (χ2v) is 9.55. The van der Waals surface area contributed by atoms with Crippen molar-refractivity contribution in [2.45, 2.75) is 13.3 Å². The van der Waals surface area contributed by atoms with E-state index >= 15 is 4.39 Å². The molecule has 4 aromatic rings. The van der Waals surface area contributed by atoms with E-state index < -0.39 is 11.6 Å². The molecular formula is C29H30F2N6O2. The van der Waals surface area contributed by atoms with Crippen molar-refractivity contribution in [2.75, 3.05) is 67.7 Å². The molecule has 5 heterocycles. The maximum atomic E-state index is 15.5. The van der Waals surface area contributed by atoms with E-state index in [1.54, 1.807) is 6.20 Å². The van der Waals surface area contributed by atoms with Gasteiger partial charge in [0.25, 0.3) is 0 Å². The number of aromatic nitrogens is 3. The van der Waals surface area contributed by atoms with Crippen molar-refractivity contribution in [3.8, 4) is 11.4 Å². The minimum atomic E-state index is -0.681. The first-order valence-electron chi connectivity index (χ1n) is 13.3. The van der Waals surface area contributed by atoms with E-state index in [0.717, 1.165) is 41.9 Å². The summed E-state index contributed by atoms with van der Waals surface area (Å²) >= 11 is 0. The maximum absolute atomic E-state index is 15.5. The first kappa shape index (κ1) is 25.4. The number of nitrogens with one attached hydrogen (secondary N) is 1. The van der Waals surface area contributed by atoms with Crippen molar-refractivity contribution in [2.24, 2.45) is 0 Å². The van der Waals surface area contributed by atoms with Gasteiger partial charge < -0.3 is 24.6 Å². The van der Waals surface area contributed by atoms with Crippen LogP contribution in [0.5, 0.6) is 0 Å². The van der Waals surface area contributed by atoms with E-state index in [9.17, 15) is 4.39 Å². The molecule has 10 heteroatoms. The third-order valence-corrected chi connectivity index (χ3v) is 7.16. The summed E-state index contributed by atoms with van der Waals surface area (Å²) in [5.74, 6) is -0.601. The number of halogens is 2. The number of hydrogen-bond donors (Lipinski definition) is 1. The van der Waals surface area contributed by atoms with E-state index in [4.69, 9.17) is 19.4 Å². The number of ether oxygens (including phenoxy) is 2. The Bertz CT molecular complexity index is 1470. The molecular weight excluding hydrogens is 502 g/mol. The molecule has 0 saturated carbocycles. The Morgan fingerprint density at radius 1 is 0.923 bits per heavy atom. The zero-order valence-electron chi connectivity index (χ0n) is 21.8. The van der Waals surface area contributed by atoms with Crippen LogP contribution in [0.1, 0.15) is 12.5 Å². The Morgan fingerprint density at radius 2 is 1.67 bits per heavy atom. The molecule has 2 aliphatic rings. The molecule has 2 fully saturated rings. The van der Waals surface area contributed by atoms with Gasteiger partial charge in [0.15, 0.2) is 5.82 Å². The molecule has 2 aliphatic heterocycles. The molecule has 8 nitrogen and oxygen atoms in total. The van der Waals surface area contributed by atoms with Gasteiger partial charge in [-0.3, -0.25) is 4.98 Å². The minimum absolute atomic E-state index is 0.220. The summed E-state index contributed by atoms with van der Waals surface area (Å²) < 4.78 is 41.0. The van der Waals surface area contributed by atoms with Gasteiger partial charge in [-0.2, -0.15) is 0 Å². The predicted octanol–water partition coefficient (Wildman–Crippen LogP) is 4.95. The Kier molecular flexibility index (Phi) is 7.21. The fourth-order valence-electron chi connectivity index (χ4n) is 5.24. The summed E-state index contributed by atoms with van der Waals surface area (Å²) in [5.41, 5.74) is 4.45. The van der Waals surface area contributed by atoms with E-state index in [-0.39, 0.29) is 10.9 Å². The Balaban J connectivity index is 1.55. The number of benzene rings is 1.